The smallest absolute Gasteiger partial charge is 0.129 e. The number of carbonyl (C=O) groups excluding carboxylic acids is 2. The van der Waals surface area contributed by atoms with Crippen molar-refractivity contribution in [3.05, 3.63) is 0 Å². The van der Waals surface area contributed by atoms with Crippen LogP contribution in [-0.2, 0) is 9.59 Å². The highest BCUT2D eigenvalue weighted by molar-refractivity contribution is 5.61. The molecule has 11 heavy (non-hydrogen) atoms. The molecule has 0 aliphatic carbocycles. The molecule has 0 spiro atoms. The van der Waals surface area contributed by atoms with Gasteiger partial charge in [-0.2, -0.15) is 0 Å². The lowest BCUT2D eigenvalue weighted by Gasteiger charge is -2.25. The second kappa shape index (κ2) is 4.23. The monoisotopic (exact) mass is 158 g/mol. The zero-order chi connectivity index (χ0) is 8.91. The van der Waals surface area contributed by atoms with E-state index < -0.39 is 0 Å². The van der Waals surface area contributed by atoms with Crippen LogP contribution in [0.1, 0.15) is 6.42 Å². The predicted molar refractivity (Wildman–Crippen MR) is 43.1 cm³/mol. The van der Waals surface area contributed by atoms with E-state index >= 15 is 0 Å². The van der Waals surface area contributed by atoms with Crippen molar-refractivity contribution in [2.45, 2.75) is 6.42 Å². The van der Waals surface area contributed by atoms with E-state index in [2.05, 4.69) is 0 Å². The fourth-order valence-electron chi connectivity index (χ4n) is 1.00. The molecule has 3 heteroatoms. The summed E-state index contributed by atoms with van der Waals surface area (Å²) in [5.74, 6) is -0.118. The highest BCUT2D eigenvalue weighted by Crippen LogP contribution is 2.02. The zero-order valence-electron chi connectivity index (χ0n) is 7.41. The molecule has 0 aliphatic heterocycles. The maximum atomic E-state index is 10.4. The molecule has 1 unspecified atom stereocenters. The molecule has 64 valence electrons. The van der Waals surface area contributed by atoms with E-state index in [-0.39, 0.29) is 5.92 Å². The second-order valence-corrected chi connectivity index (χ2v) is 3.77. The van der Waals surface area contributed by atoms with Crippen molar-refractivity contribution in [3.63, 3.8) is 0 Å². The number of quaternary nitrogens is 1. The van der Waals surface area contributed by atoms with E-state index in [1.54, 1.807) is 0 Å². The van der Waals surface area contributed by atoms with Crippen molar-refractivity contribution in [2.75, 3.05) is 27.7 Å². The van der Waals surface area contributed by atoms with Gasteiger partial charge >= 0.3 is 0 Å². The average molecular weight is 158 g/mol. The minimum Gasteiger partial charge on any atom is -0.330 e. The van der Waals surface area contributed by atoms with Gasteiger partial charge in [0.1, 0.15) is 12.6 Å². The molecule has 0 aromatic carbocycles. The molecule has 3 nitrogen and oxygen atoms in total. The van der Waals surface area contributed by atoms with Crippen LogP contribution in [0.5, 0.6) is 0 Å². The summed E-state index contributed by atoms with van der Waals surface area (Å²) in [4.78, 5) is 20.5. The van der Waals surface area contributed by atoms with E-state index in [0.29, 0.717) is 6.42 Å². The quantitative estimate of drug-likeness (QED) is 0.420. The van der Waals surface area contributed by atoms with Crippen molar-refractivity contribution >= 4 is 12.6 Å². The van der Waals surface area contributed by atoms with Gasteiger partial charge in [0.15, 0.2) is 0 Å². The third kappa shape index (κ3) is 5.73. The number of carbonyl (C=O) groups is 2. The largest absolute Gasteiger partial charge is 0.330 e. The Labute approximate surface area is 67.6 Å². The van der Waals surface area contributed by atoms with Gasteiger partial charge in [-0.1, -0.05) is 0 Å². The third-order valence-electron chi connectivity index (χ3n) is 1.37. The normalized spacial score (nSPS) is 14.1. The molecule has 0 N–H and O–H groups in total. The van der Waals surface area contributed by atoms with E-state index in [4.69, 9.17) is 0 Å². The van der Waals surface area contributed by atoms with Gasteiger partial charge in [0.2, 0.25) is 0 Å². The van der Waals surface area contributed by atoms with Gasteiger partial charge in [-0.05, 0) is 0 Å². The first-order valence-electron chi connectivity index (χ1n) is 3.69. The van der Waals surface area contributed by atoms with E-state index in [9.17, 15) is 9.59 Å². The Morgan fingerprint density at radius 3 is 2.09 bits per heavy atom. The first kappa shape index (κ1) is 10.3. The van der Waals surface area contributed by atoms with Gasteiger partial charge in [0.25, 0.3) is 0 Å². The summed E-state index contributed by atoms with van der Waals surface area (Å²) in [5, 5.41) is 0. The summed E-state index contributed by atoms with van der Waals surface area (Å²) in [6.07, 6.45) is 2.01. The molecule has 0 radical (unpaired) electrons. The molecule has 0 aromatic heterocycles. The van der Waals surface area contributed by atoms with Gasteiger partial charge in [-0.25, -0.2) is 0 Å². The highest BCUT2D eigenvalue weighted by Gasteiger charge is 2.16. The molecule has 1 atom stereocenters. The van der Waals surface area contributed by atoms with Crippen molar-refractivity contribution in [1.29, 1.82) is 0 Å². The van der Waals surface area contributed by atoms with Crippen LogP contribution in [0, 0.1) is 5.92 Å². The van der Waals surface area contributed by atoms with Crippen LogP contribution < -0.4 is 0 Å². The van der Waals surface area contributed by atoms with Crippen LogP contribution in [-0.4, -0.2) is 44.7 Å². The Morgan fingerprint density at radius 2 is 1.82 bits per heavy atom. The molecule has 0 amide bonds. The molecular formula is C8H16NO2+. The van der Waals surface area contributed by atoms with Crippen molar-refractivity contribution in [3.8, 4) is 0 Å². The Kier molecular flexibility index (Phi) is 3.97. The number of hydrogen-bond acceptors (Lipinski definition) is 2. The van der Waals surface area contributed by atoms with Crippen LogP contribution in [0.3, 0.4) is 0 Å². The summed E-state index contributed by atoms with van der Waals surface area (Å²) >= 11 is 0. The van der Waals surface area contributed by atoms with Gasteiger partial charge in [-0.3, -0.25) is 0 Å². The van der Waals surface area contributed by atoms with Crippen LogP contribution in [0.4, 0.5) is 0 Å². The summed E-state index contributed by atoms with van der Waals surface area (Å²) in [5.41, 5.74) is 0. The van der Waals surface area contributed by atoms with Gasteiger partial charge < -0.3 is 14.1 Å². The van der Waals surface area contributed by atoms with Gasteiger partial charge in [-0.15, -0.1) is 0 Å². The molecule has 0 rings (SSSR count). The zero-order valence-corrected chi connectivity index (χ0v) is 7.41. The van der Waals surface area contributed by atoms with Crippen molar-refractivity contribution < 1.29 is 14.1 Å². The molecule has 0 saturated heterocycles. The molecule has 0 aliphatic rings. The van der Waals surface area contributed by atoms with Crippen molar-refractivity contribution in [1.82, 2.24) is 0 Å². The summed E-state index contributed by atoms with van der Waals surface area (Å²) in [6, 6.07) is 0. The van der Waals surface area contributed by atoms with Crippen LogP contribution in [0.2, 0.25) is 0 Å². The number of rotatable bonds is 5. The van der Waals surface area contributed by atoms with Crippen LogP contribution in [0.15, 0.2) is 0 Å². The second-order valence-electron chi connectivity index (χ2n) is 3.77. The summed E-state index contributed by atoms with van der Waals surface area (Å²) in [6.45, 7) is 0.724. The Morgan fingerprint density at radius 1 is 1.27 bits per heavy atom. The molecule has 0 aromatic rings. The van der Waals surface area contributed by atoms with E-state index in [1.807, 2.05) is 21.1 Å². The minimum atomic E-state index is -0.118. The van der Waals surface area contributed by atoms with E-state index in [1.165, 1.54) is 0 Å². The fourth-order valence-corrected chi connectivity index (χ4v) is 1.00. The Bertz CT molecular complexity index is 138. The number of nitrogens with zero attached hydrogens (tertiary/aromatic N) is 1. The molecule has 0 heterocycles. The fraction of sp³-hybridized carbons (Fsp3) is 0.750. The summed E-state index contributed by atoms with van der Waals surface area (Å²) in [7, 11) is 6.00. The third-order valence-corrected chi connectivity index (χ3v) is 1.37. The van der Waals surface area contributed by atoms with Gasteiger partial charge in [0, 0.05) is 6.42 Å². The molecule has 0 saturated carbocycles. The minimum absolute atomic E-state index is 0.118. The Balaban J connectivity index is 3.87. The number of hydrogen-bond donors (Lipinski definition) is 0. The lowest BCUT2D eigenvalue weighted by Crippen LogP contribution is -2.39. The first-order chi connectivity index (χ1) is 4.99. The standard InChI is InChI=1S/C8H16NO2/c1-9(2,3)6-8(7-11)4-5-10/h5,7-8H,4,6H2,1-3H3/q+1. The molecular weight excluding hydrogens is 142 g/mol. The maximum Gasteiger partial charge on any atom is 0.129 e. The SMILES string of the molecule is C[N+](C)(C)CC(C=O)CC=O. The number of aldehydes is 2. The van der Waals surface area contributed by atoms with Crippen LogP contribution >= 0.6 is 0 Å². The van der Waals surface area contributed by atoms with Gasteiger partial charge in [0.05, 0.1) is 33.6 Å². The average Bonchev–Trinajstić information content (AvgIpc) is 1.84. The lowest BCUT2D eigenvalue weighted by molar-refractivity contribution is -0.872. The lowest BCUT2D eigenvalue weighted by atomic mass is 10.1. The topological polar surface area (TPSA) is 34.1 Å². The highest BCUT2D eigenvalue weighted by atomic mass is 16.1. The summed E-state index contributed by atoms with van der Waals surface area (Å²) < 4.78 is 0.719. The molecule has 0 bridgehead atoms. The predicted octanol–water partition coefficient (Wildman–Crippen LogP) is 0.0967. The first-order valence-corrected chi connectivity index (χ1v) is 3.69. The maximum absolute atomic E-state index is 10.4. The molecule has 0 fully saturated rings. The van der Waals surface area contributed by atoms with Crippen molar-refractivity contribution in [2.24, 2.45) is 5.92 Å². The van der Waals surface area contributed by atoms with Crippen LogP contribution in [0.25, 0.3) is 0 Å². The Hall–Kier alpha value is -0.700. The van der Waals surface area contributed by atoms with E-state index in [0.717, 1.165) is 23.6 Å².